The molecule has 0 saturated carbocycles. The van der Waals surface area contributed by atoms with E-state index < -0.39 is 27.4 Å². The van der Waals surface area contributed by atoms with Crippen LogP contribution in [0.15, 0.2) is 0 Å². The monoisotopic (exact) mass is 209 g/mol. The van der Waals surface area contributed by atoms with E-state index in [4.69, 9.17) is 4.74 Å². The number of nitrogens with one attached hydrogen (secondary N) is 1. The van der Waals surface area contributed by atoms with Crippen LogP contribution < -0.4 is 4.72 Å². The van der Waals surface area contributed by atoms with E-state index in [1.54, 1.807) is 13.8 Å². The SMILES string of the molecule is CC(C)S(=O)(=O)N[C@@H]1COC[C@H]1O. The fourth-order valence-corrected chi connectivity index (χ4v) is 1.92. The molecule has 2 N–H and O–H groups in total. The molecule has 5 nitrogen and oxygen atoms in total. The molecular formula is C7H15NO4S. The first-order chi connectivity index (χ1) is 5.93. The average molecular weight is 209 g/mol. The molecule has 0 bridgehead atoms. The van der Waals surface area contributed by atoms with Crippen LogP contribution in [0.5, 0.6) is 0 Å². The van der Waals surface area contributed by atoms with Crippen molar-refractivity contribution in [1.29, 1.82) is 0 Å². The van der Waals surface area contributed by atoms with Gasteiger partial charge in [0.1, 0.15) is 0 Å². The molecular weight excluding hydrogens is 194 g/mol. The van der Waals surface area contributed by atoms with Crippen LogP contribution >= 0.6 is 0 Å². The standard InChI is InChI=1S/C7H15NO4S/c1-5(2)13(10,11)8-6-3-12-4-7(6)9/h5-9H,3-4H2,1-2H3/t6-,7-/m1/s1. The van der Waals surface area contributed by atoms with E-state index in [0.717, 1.165) is 0 Å². The van der Waals surface area contributed by atoms with Crippen LogP contribution in [0.2, 0.25) is 0 Å². The summed E-state index contributed by atoms with van der Waals surface area (Å²) in [5.41, 5.74) is 0. The lowest BCUT2D eigenvalue weighted by Gasteiger charge is -2.16. The Bertz CT molecular complexity index is 262. The van der Waals surface area contributed by atoms with Crippen LogP contribution in [0.1, 0.15) is 13.8 Å². The maximum Gasteiger partial charge on any atom is 0.214 e. The van der Waals surface area contributed by atoms with Gasteiger partial charge in [-0.3, -0.25) is 0 Å². The third-order valence-corrected chi connectivity index (χ3v) is 3.86. The average Bonchev–Trinajstić information content (AvgIpc) is 2.35. The predicted molar refractivity (Wildman–Crippen MR) is 47.8 cm³/mol. The minimum absolute atomic E-state index is 0.200. The number of ether oxygens (including phenoxy) is 1. The number of sulfonamides is 1. The highest BCUT2D eigenvalue weighted by atomic mass is 32.2. The molecule has 0 aromatic rings. The Morgan fingerprint density at radius 1 is 1.46 bits per heavy atom. The summed E-state index contributed by atoms with van der Waals surface area (Å²) in [6, 6.07) is -0.493. The summed E-state index contributed by atoms with van der Waals surface area (Å²) in [5.74, 6) is 0. The van der Waals surface area contributed by atoms with Crippen LogP contribution in [-0.2, 0) is 14.8 Å². The topological polar surface area (TPSA) is 75.6 Å². The molecule has 0 spiro atoms. The smallest absolute Gasteiger partial charge is 0.214 e. The Balaban J connectivity index is 2.58. The van der Waals surface area contributed by atoms with Crippen molar-refractivity contribution in [3.63, 3.8) is 0 Å². The van der Waals surface area contributed by atoms with Gasteiger partial charge in [0.05, 0.1) is 30.6 Å². The first-order valence-corrected chi connectivity index (χ1v) is 5.75. The zero-order chi connectivity index (χ0) is 10.1. The van der Waals surface area contributed by atoms with E-state index in [0.29, 0.717) is 0 Å². The second-order valence-corrected chi connectivity index (χ2v) is 5.69. The van der Waals surface area contributed by atoms with Crippen LogP contribution in [-0.4, -0.2) is 44.1 Å². The lowest BCUT2D eigenvalue weighted by atomic mass is 10.2. The summed E-state index contributed by atoms with van der Waals surface area (Å²) < 4.78 is 30.0. The van der Waals surface area contributed by atoms with Crippen molar-refractivity contribution in [2.75, 3.05) is 13.2 Å². The molecule has 1 rings (SSSR count). The molecule has 0 radical (unpaired) electrons. The number of hydrogen-bond acceptors (Lipinski definition) is 4. The van der Waals surface area contributed by atoms with E-state index in [2.05, 4.69) is 4.72 Å². The molecule has 0 aliphatic carbocycles. The van der Waals surface area contributed by atoms with Crippen LogP contribution in [0, 0.1) is 0 Å². The molecule has 13 heavy (non-hydrogen) atoms. The summed E-state index contributed by atoms with van der Waals surface area (Å²) in [6.45, 7) is 3.62. The quantitative estimate of drug-likeness (QED) is 0.630. The van der Waals surface area contributed by atoms with Gasteiger partial charge in [0.2, 0.25) is 10.0 Å². The van der Waals surface area contributed by atoms with Crippen molar-refractivity contribution in [1.82, 2.24) is 4.72 Å². The first-order valence-electron chi connectivity index (χ1n) is 4.20. The Kier molecular flexibility index (Phi) is 3.28. The van der Waals surface area contributed by atoms with Gasteiger partial charge in [0, 0.05) is 0 Å². The Morgan fingerprint density at radius 2 is 2.08 bits per heavy atom. The molecule has 0 amide bonds. The van der Waals surface area contributed by atoms with Gasteiger partial charge in [-0.2, -0.15) is 0 Å². The van der Waals surface area contributed by atoms with Gasteiger partial charge < -0.3 is 9.84 Å². The number of aliphatic hydroxyl groups excluding tert-OH is 1. The first kappa shape index (κ1) is 10.9. The van der Waals surface area contributed by atoms with Crippen molar-refractivity contribution in [2.45, 2.75) is 31.2 Å². The van der Waals surface area contributed by atoms with E-state index in [9.17, 15) is 13.5 Å². The van der Waals surface area contributed by atoms with Crippen molar-refractivity contribution >= 4 is 10.0 Å². The van der Waals surface area contributed by atoms with Crippen LogP contribution in [0.3, 0.4) is 0 Å². The maximum absolute atomic E-state index is 11.4. The van der Waals surface area contributed by atoms with Gasteiger partial charge in [-0.25, -0.2) is 13.1 Å². The highest BCUT2D eigenvalue weighted by molar-refractivity contribution is 7.90. The summed E-state index contributed by atoms with van der Waals surface area (Å²) >= 11 is 0. The molecule has 0 aromatic heterocycles. The Hall–Kier alpha value is -0.170. The number of hydrogen-bond donors (Lipinski definition) is 2. The Labute approximate surface area is 78.1 Å². The summed E-state index contributed by atoms with van der Waals surface area (Å²) in [6.07, 6.45) is -0.728. The molecule has 1 saturated heterocycles. The lowest BCUT2D eigenvalue weighted by Crippen LogP contribution is -2.45. The highest BCUT2D eigenvalue weighted by Crippen LogP contribution is 2.08. The molecule has 78 valence electrons. The molecule has 1 aliphatic heterocycles. The number of rotatable bonds is 3. The molecule has 0 aromatic carbocycles. The van der Waals surface area contributed by atoms with Gasteiger partial charge >= 0.3 is 0 Å². The predicted octanol–water partition coefficient (Wildman–Crippen LogP) is -0.926. The van der Waals surface area contributed by atoms with E-state index in [1.165, 1.54) is 0 Å². The second kappa shape index (κ2) is 3.91. The highest BCUT2D eigenvalue weighted by Gasteiger charge is 2.30. The molecule has 6 heteroatoms. The van der Waals surface area contributed by atoms with Gasteiger partial charge in [0.15, 0.2) is 0 Å². The van der Waals surface area contributed by atoms with Gasteiger partial charge in [-0.1, -0.05) is 0 Å². The van der Waals surface area contributed by atoms with Crippen molar-refractivity contribution in [3.8, 4) is 0 Å². The lowest BCUT2D eigenvalue weighted by molar-refractivity contribution is 0.124. The number of aliphatic hydroxyl groups is 1. The zero-order valence-corrected chi connectivity index (χ0v) is 8.54. The van der Waals surface area contributed by atoms with E-state index in [1.807, 2.05) is 0 Å². The normalized spacial score (nSPS) is 29.8. The minimum atomic E-state index is -3.30. The third kappa shape index (κ3) is 2.63. The van der Waals surface area contributed by atoms with Crippen molar-refractivity contribution in [3.05, 3.63) is 0 Å². The van der Waals surface area contributed by atoms with Gasteiger partial charge in [-0.05, 0) is 13.8 Å². The summed E-state index contributed by atoms with van der Waals surface area (Å²) in [5, 5.41) is 8.80. The Morgan fingerprint density at radius 3 is 2.46 bits per heavy atom. The molecule has 1 heterocycles. The van der Waals surface area contributed by atoms with Crippen molar-refractivity contribution in [2.24, 2.45) is 0 Å². The summed E-state index contributed by atoms with van der Waals surface area (Å²) in [7, 11) is -3.30. The molecule has 0 unspecified atom stereocenters. The fraction of sp³-hybridized carbons (Fsp3) is 1.00. The molecule has 1 aliphatic rings. The molecule has 2 atom stereocenters. The summed E-state index contributed by atoms with van der Waals surface area (Å²) in [4.78, 5) is 0. The minimum Gasteiger partial charge on any atom is -0.389 e. The van der Waals surface area contributed by atoms with Crippen LogP contribution in [0.25, 0.3) is 0 Å². The van der Waals surface area contributed by atoms with Crippen LogP contribution in [0.4, 0.5) is 0 Å². The second-order valence-electron chi connectivity index (χ2n) is 3.42. The van der Waals surface area contributed by atoms with Gasteiger partial charge in [0.25, 0.3) is 0 Å². The third-order valence-electron chi connectivity index (χ3n) is 1.99. The fourth-order valence-electron chi connectivity index (χ4n) is 1.00. The van der Waals surface area contributed by atoms with Crippen molar-refractivity contribution < 1.29 is 18.3 Å². The zero-order valence-electron chi connectivity index (χ0n) is 7.73. The van der Waals surface area contributed by atoms with E-state index in [-0.39, 0.29) is 13.2 Å². The maximum atomic E-state index is 11.4. The molecule has 1 fully saturated rings. The van der Waals surface area contributed by atoms with Gasteiger partial charge in [-0.15, -0.1) is 0 Å². The largest absolute Gasteiger partial charge is 0.389 e. The van der Waals surface area contributed by atoms with E-state index >= 15 is 0 Å².